The zero-order valence-electron chi connectivity index (χ0n) is 12.5. The Hall–Kier alpha value is -0.610. The van der Waals surface area contributed by atoms with Gasteiger partial charge in [-0.15, -0.1) is 0 Å². The maximum Gasteiger partial charge on any atom is 0.227 e. The average molecular weight is 268 g/mol. The molecule has 0 radical (unpaired) electrons. The highest BCUT2D eigenvalue weighted by molar-refractivity contribution is 5.83. The molecule has 1 aliphatic heterocycles. The first-order chi connectivity index (χ1) is 8.92. The topological polar surface area (TPSA) is 61.4 Å². The van der Waals surface area contributed by atoms with Crippen molar-refractivity contribution in [2.24, 2.45) is 10.8 Å². The zero-order valence-corrected chi connectivity index (χ0v) is 12.5. The molecule has 3 unspecified atom stereocenters. The Morgan fingerprint density at radius 1 is 1.47 bits per heavy atom. The Labute approximate surface area is 116 Å². The van der Waals surface area contributed by atoms with Crippen LogP contribution in [0.4, 0.5) is 0 Å². The molecule has 19 heavy (non-hydrogen) atoms. The first-order valence-corrected chi connectivity index (χ1v) is 7.62. The van der Waals surface area contributed by atoms with Gasteiger partial charge in [-0.3, -0.25) is 4.79 Å². The van der Waals surface area contributed by atoms with Crippen LogP contribution in [0.15, 0.2) is 0 Å². The first kappa shape index (κ1) is 14.8. The molecular weight excluding hydrogens is 240 g/mol. The van der Waals surface area contributed by atoms with Gasteiger partial charge in [0, 0.05) is 18.0 Å². The molecule has 0 spiro atoms. The molecule has 1 saturated carbocycles. The number of hydrogen-bond donors (Lipinski definition) is 3. The SMILES string of the molecule is CCCC1(C(=O)NC2CC(O)C2(C)C)CCCNC1. The van der Waals surface area contributed by atoms with Crippen LogP contribution < -0.4 is 10.6 Å². The minimum absolute atomic E-state index is 0.116. The lowest BCUT2D eigenvalue weighted by Crippen LogP contribution is -2.64. The Balaban J connectivity index is 2.00. The van der Waals surface area contributed by atoms with Gasteiger partial charge >= 0.3 is 0 Å². The van der Waals surface area contributed by atoms with E-state index in [2.05, 4.69) is 17.6 Å². The van der Waals surface area contributed by atoms with Gasteiger partial charge in [0.05, 0.1) is 11.5 Å². The van der Waals surface area contributed by atoms with Crippen molar-refractivity contribution in [3.63, 3.8) is 0 Å². The minimum atomic E-state index is -0.288. The Bertz CT molecular complexity index is 330. The summed E-state index contributed by atoms with van der Waals surface area (Å²) in [6.07, 6.45) is 4.44. The molecule has 2 rings (SSSR count). The lowest BCUT2D eigenvalue weighted by Gasteiger charge is -2.50. The average Bonchev–Trinajstić information content (AvgIpc) is 2.39. The van der Waals surface area contributed by atoms with Crippen LogP contribution in [-0.2, 0) is 4.79 Å². The summed E-state index contributed by atoms with van der Waals surface area (Å²) in [5.74, 6) is 0.187. The largest absolute Gasteiger partial charge is 0.392 e. The molecule has 4 nitrogen and oxygen atoms in total. The fourth-order valence-corrected chi connectivity index (χ4v) is 3.43. The van der Waals surface area contributed by atoms with Crippen molar-refractivity contribution >= 4 is 5.91 Å². The number of hydrogen-bond acceptors (Lipinski definition) is 3. The maximum absolute atomic E-state index is 12.7. The molecular formula is C15H28N2O2. The lowest BCUT2D eigenvalue weighted by atomic mass is 9.64. The van der Waals surface area contributed by atoms with Gasteiger partial charge in [0.1, 0.15) is 0 Å². The number of carbonyl (C=O) groups is 1. The number of aliphatic hydroxyl groups is 1. The molecule has 0 bridgehead atoms. The van der Waals surface area contributed by atoms with Crippen molar-refractivity contribution in [3.05, 3.63) is 0 Å². The van der Waals surface area contributed by atoms with Gasteiger partial charge < -0.3 is 15.7 Å². The number of nitrogens with one attached hydrogen (secondary N) is 2. The highest BCUT2D eigenvalue weighted by Crippen LogP contribution is 2.41. The van der Waals surface area contributed by atoms with Crippen molar-refractivity contribution < 1.29 is 9.90 Å². The summed E-state index contributed by atoms with van der Waals surface area (Å²) in [5, 5.41) is 16.3. The van der Waals surface area contributed by atoms with E-state index in [1.165, 1.54) is 0 Å². The van der Waals surface area contributed by atoms with E-state index in [0.717, 1.165) is 38.8 Å². The zero-order chi connectivity index (χ0) is 14.1. The molecule has 1 heterocycles. The summed E-state index contributed by atoms with van der Waals surface area (Å²) in [6, 6.07) is 0.116. The lowest BCUT2D eigenvalue weighted by molar-refractivity contribution is -0.140. The van der Waals surface area contributed by atoms with Crippen LogP contribution in [0.25, 0.3) is 0 Å². The first-order valence-electron chi connectivity index (χ1n) is 7.62. The number of amides is 1. The third-order valence-corrected chi connectivity index (χ3v) is 5.20. The molecule has 0 aromatic rings. The van der Waals surface area contributed by atoms with Crippen LogP contribution in [0.1, 0.15) is 52.9 Å². The molecule has 2 aliphatic rings. The van der Waals surface area contributed by atoms with Crippen molar-refractivity contribution in [1.29, 1.82) is 0 Å². The molecule has 1 saturated heterocycles. The van der Waals surface area contributed by atoms with Crippen LogP contribution in [0.3, 0.4) is 0 Å². The molecule has 1 aliphatic carbocycles. The van der Waals surface area contributed by atoms with Gasteiger partial charge in [0.2, 0.25) is 5.91 Å². The van der Waals surface area contributed by atoms with Crippen molar-refractivity contribution in [1.82, 2.24) is 10.6 Å². The van der Waals surface area contributed by atoms with Gasteiger partial charge in [-0.2, -0.15) is 0 Å². The van der Waals surface area contributed by atoms with Crippen LogP contribution in [-0.4, -0.2) is 36.2 Å². The van der Waals surface area contributed by atoms with E-state index in [0.29, 0.717) is 6.42 Å². The molecule has 0 aromatic heterocycles. The summed E-state index contributed by atoms with van der Waals surface area (Å²) in [4.78, 5) is 12.7. The number of carbonyl (C=O) groups excluding carboxylic acids is 1. The van der Waals surface area contributed by atoms with Crippen LogP contribution >= 0.6 is 0 Å². The molecule has 3 N–H and O–H groups in total. The van der Waals surface area contributed by atoms with Gasteiger partial charge in [0.25, 0.3) is 0 Å². The third-order valence-electron chi connectivity index (χ3n) is 5.20. The van der Waals surface area contributed by atoms with Gasteiger partial charge in [0.15, 0.2) is 0 Å². The molecule has 2 fully saturated rings. The van der Waals surface area contributed by atoms with Gasteiger partial charge in [-0.1, -0.05) is 27.2 Å². The van der Waals surface area contributed by atoms with E-state index >= 15 is 0 Å². The minimum Gasteiger partial charge on any atom is -0.392 e. The van der Waals surface area contributed by atoms with Crippen LogP contribution in [0.5, 0.6) is 0 Å². The van der Waals surface area contributed by atoms with Gasteiger partial charge in [-0.25, -0.2) is 0 Å². The normalized spacial score (nSPS) is 37.5. The Morgan fingerprint density at radius 3 is 2.68 bits per heavy atom. The van der Waals surface area contributed by atoms with Crippen LogP contribution in [0, 0.1) is 10.8 Å². The number of piperidine rings is 1. The van der Waals surface area contributed by atoms with E-state index in [9.17, 15) is 9.90 Å². The third kappa shape index (κ3) is 2.65. The van der Waals surface area contributed by atoms with Crippen molar-refractivity contribution in [3.8, 4) is 0 Å². The standard InChI is InChI=1S/C15H28N2O2/c1-4-6-15(7-5-8-16-10-15)13(19)17-11-9-12(18)14(11,2)3/h11-12,16,18H,4-10H2,1-3H3,(H,17,19). The van der Waals surface area contributed by atoms with E-state index in [1.54, 1.807) is 0 Å². The monoisotopic (exact) mass is 268 g/mol. The predicted octanol–water partition coefficient (Wildman–Crippen LogP) is 1.43. The van der Waals surface area contributed by atoms with E-state index in [1.807, 2.05) is 13.8 Å². The maximum atomic E-state index is 12.7. The van der Waals surface area contributed by atoms with Crippen LogP contribution in [0.2, 0.25) is 0 Å². The quantitative estimate of drug-likeness (QED) is 0.723. The van der Waals surface area contributed by atoms with Gasteiger partial charge in [-0.05, 0) is 32.2 Å². The molecule has 3 atom stereocenters. The highest BCUT2D eigenvalue weighted by Gasteiger charge is 2.50. The summed E-state index contributed by atoms with van der Waals surface area (Å²) in [5.41, 5.74) is -0.422. The number of aliphatic hydroxyl groups excluding tert-OH is 1. The Kier molecular flexibility index (Phi) is 4.21. The second-order valence-electron chi connectivity index (χ2n) is 6.91. The van der Waals surface area contributed by atoms with E-state index in [4.69, 9.17) is 0 Å². The molecule has 1 amide bonds. The van der Waals surface area contributed by atoms with Crippen molar-refractivity contribution in [2.75, 3.05) is 13.1 Å². The summed E-state index contributed by atoms with van der Waals surface area (Å²) in [7, 11) is 0. The smallest absolute Gasteiger partial charge is 0.227 e. The summed E-state index contributed by atoms with van der Waals surface area (Å²) < 4.78 is 0. The second kappa shape index (κ2) is 5.41. The Morgan fingerprint density at radius 2 is 2.21 bits per heavy atom. The highest BCUT2D eigenvalue weighted by atomic mass is 16.3. The second-order valence-corrected chi connectivity index (χ2v) is 6.91. The number of rotatable bonds is 4. The summed E-state index contributed by atoms with van der Waals surface area (Å²) >= 11 is 0. The van der Waals surface area contributed by atoms with Crippen molar-refractivity contribution in [2.45, 2.75) is 65.0 Å². The van der Waals surface area contributed by atoms with E-state index in [-0.39, 0.29) is 28.9 Å². The summed E-state index contributed by atoms with van der Waals surface area (Å²) in [6.45, 7) is 8.00. The van der Waals surface area contributed by atoms with E-state index < -0.39 is 0 Å². The predicted molar refractivity (Wildman–Crippen MR) is 75.8 cm³/mol. The molecule has 110 valence electrons. The fraction of sp³-hybridized carbons (Fsp3) is 0.933. The molecule has 4 heteroatoms. The fourth-order valence-electron chi connectivity index (χ4n) is 3.43. The molecule has 0 aromatic carbocycles.